The first-order valence-electron chi connectivity index (χ1n) is 8.19. The van der Waals surface area contributed by atoms with Crippen LogP contribution in [0.5, 0.6) is 0 Å². The van der Waals surface area contributed by atoms with Crippen molar-refractivity contribution in [1.29, 1.82) is 0 Å². The fourth-order valence-electron chi connectivity index (χ4n) is 2.99. The van der Waals surface area contributed by atoms with Crippen molar-refractivity contribution in [2.45, 2.75) is 26.4 Å². The standard InChI is InChI=1S/C17H25N5/c1-2-22-10-8-19-17(22)15-21-13-11-20(12-14-21)9-5-16-3-6-18-7-4-16/h3-4,6-8,10H,2,5,9,11-15H2,1H3. The van der Waals surface area contributed by atoms with E-state index in [0.29, 0.717) is 0 Å². The van der Waals surface area contributed by atoms with Gasteiger partial charge in [0.25, 0.3) is 0 Å². The van der Waals surface area contributed by atoms with E-state index in [1.54, 1.807) is 0 Å². The van der Waals surface area contributed by atoms with Gasteiger partial charge in [0.05, 0.1) is 6.54 Å². The number of rotatable bonds is 6. The van der Waals surface area contributed by atoms with E-state index in [-0.39, 0.29) is 0 Å². The van der Waals surface area contributed by atoms with E-state index in [0.717, 1.165) is 52.2 Å². The van der Waals surface area contributed by atoms with Crippen LogP contribution >= 0.6 is 0 Å². The number of aryl methyl sites for hydroxylation is 1. The molecule has 5 nitrogen and oxygen atoms in total. The summed E-state index contributed by atoms with van der Waals surface area (Å²) in [6.07, 6.45) is 8.85. The van der Waals surface area contributed by atoms with Gasteiger partial charge < -0.3 is 9.47 Å². The molecule has 118 valence electrons. The minimum Gasteiger partial charge on any atom is -0.334 e. The number of hydrogen-bond donors (Lipinski definition) is 0. The van der Waals surface area contributed by atoms with Crippen molar-refractivity contribution in [3.63, 3.8) is 0 Å². The van der Waals surface area contributed by atoms with Crippen molar-refractivity contribution in [3.8, 4) is 0 Å². The van der Waals surface area contributed by atoms with Gasteiger partial charge in [-0.25, -0.2) is 4.98 Å². The highest BCUT2D eigenvalue weighted by molar-refractivity contribution is 5.09. The monoisotopic (exact) mass is 299 g/mol. The van der Waals surface area contributed by atoms with Gasteiger partial charge in [-0.1, -0.05) is 0 Å². The lowest BCUT2D eigenvalue weighted by atomic mass is 10.2. The van der Waals surface area contributed by atoms with Crippen LogP contribution < -0.4 is 0 Å². The fraction of sp³-hybridized carbons (Fsp3) is 0.529. The van der Waals surface area contributed by atoms with Crippen molar-refractivity contribution in [3.05, 3.63) is 48.3 Å². The van der Waals surface area contributed by atoms with E-state index >= 15 is 0 Å². The molecule has 0 spiro atoms. The average Bonchev–Trinajstić information content (AvgIpc) is 3.02. The lowest BCUT2D eigenvalue weighted by molar-refractivity contribution is 0.125. The molecule has 1 fully saturated rings. The molecule has 0 radical (unpaired) electrons. The van der Waals surface area contributed by atoms with Crippen molar-refractivity contribution < 1.29 is 0 Å². The third-order valence-corrected chi connectivity index (χ3v) is 4.44. The molecule has 0 atom stereocenters. The van der Waals surface area contributed by atoms with Gasteiger partial charge >= 0.3 is 0 Å². The summed E-state index contributed by atoms with van der Waals surface area (Å²) in [7, 11) is 0. The van der Waals surface area contributed by atoms with E-state index in [2.05, 4.69) is 49.6 Å². The van der Waals surface area contributed by atoms with E-state index in [1.165, 1.54) is 11.4 Å². The predicted molar refractivity (Wildman–Crippen MR) is 87.6 cm³/mol. The van der Waals surface area contributed by atoms with Crippen molar-refractivity contribution >= 4 is 0 Å². The predicted octanol–water partition coefficient (Wildman–Crippen LogP) is 1.66. The van der Waals surface area contributed by atoms with Gasteiger partial charge in [0.15, 0.2) is 0 Å². The van der Waals surface area contributed by atoms with Gasteiger partial charge in [-0.15, -0.1) is 0 Å². The molecule has 3 rings (SSSR count). The summed E-state index contributed by atoms with van der Waals surface area (Å²) in [6.45, 7) is 9.85. The molecule has 0 aromatic carbocycles. The topological polar surface area (TPSA) is 37.2 Å². The number of hydrogen-bond acceptors (Lipinski definition) is 4. The first-order valence-corrected chi connectivity index (χ1v) is 8.19. The number of aromatic nitrogens is 3. The maximum Gasteiger partial charge on any atom is 0.122 e. The maximum absolute atomic E-state index is 4.48. The largest absolute Gasteiger partial charge is 0.334 e. The molecule has 0 aliphatic carbocycles. The van der Waals surface area contributed by atoms with Gasteiger partial charge in [-0.05, 0) is 31.0 Å². The van der Waals surface area contributed by atoms with Crippen molar-refractivity contribution in [2.75, 3.05) is 32.7 Å². The summed E-state index contributed by atoms with van der Waals surface area (Å²) >= 11 is 0. The Morgan fingerprint density at radius 2 is 1.73 bits per heavy atom. The van der Waals surface area contributed by atoms with Gasteiger partial charge in [0.1, 0.15) is 5.82 Å². The second-order valence-corrected chi connectivity index (χ2v) is 5.85. The first-order chi connectivity index (χ1) is 10.8. The number of imidazole rings is 1. The van der Waals surface area contributed by atoms with Crippen molar-refractivity contribution in [2.24, 2.45) is 0 Å². The molecule has 0 unspecified atom stereocenters. The Labute approximate surface area is 132 Å². The molecule has 2 aromatic heterocycles. The van der Waals surface area contributed by atoms with E-state index in [4.69, 9.17) is 0 Å². The molecular weight excluding hydrogens is 274 g/mol. The second kappa shape index (κ2) is 7.51. The summed E-state index contributed by atoms with van der Waals surface area (Å²) in [6, 6.07) is 4.22. The zero-order valence-corrected chi connectivity index (χ0v) is 13.4. The Morgan fingerprint density at radius 1 is 1.00 bits per heavy atom. The molecule has 1 aliphatic heterocycles. The molecule has 0 amide bonds. The molecule has 1 aliphatic rings. The minimum absolute atomic E-state index is 0.971. The number of nitrogens with zero attached hydrogens (tertiary/aromatic N) is 5. The van der Waals surface area contributed by atoms with Gasteiger partial charge in [0, 0.05) is 64.1 Å². The molecule has 0 N–H and O–H groups in total. The Hall–Kier alpha value is -1.72. The molecule has 22 heavy (non-hydrogen) atoms. The average molecular weight is 299 g/mol. The lowest BCUT2D eigenvalue weighted by Crippen LogP contribution is -2.46. The zero-order chi connectivity index (χ0) is 15.2. The van der Waals surface area contributed by atoms with Gasteiger partial charge in [-0.3, -0.25) is 9.88 Å². The van der Waals surface area contributed by atoms with Crippen molar-refractivity contribution in [1.82, 2.24) is 24.3 Å². The highest BCUT2D eigenvalue weighted by Gasteiger charge is 2.18. The fourth-order valence-corrected chi connectivity index (χ4v) is 2.99. The van der Waals surface area contributed by atoms with Gasteiger partial charge in [0.2, 0.25) is 0 Å². The summed E-state index contributed by atoms with van der Waals surface area (Å²) in [5, 5.41) is 0. The highest BCUT2D eigenvalue weighted by Crippen LogP contribution is 2.08. The number of pyridine rings is 1. The number of piperazine rings is 1. The van der Waals surface area contributed by atoms with Crippen LogP contribution in [0.15, 0.2) is 36.9 Å². The van der Waals surface area contributed by atoms with Crippen LogP contribution in [0, 0.1) is 0 Å². The molecule has 3 heterocycles. The Bertz CT molecular complexity index is 557. The zero-order valence-electron chi connectivity index (χ0n) is 13.4. The van der Waals surface area contributed by atoms with Crippen LogP contribution in [0.2, 0.25) is 0 Å². The quantitative estimate of drug-likeness (QED) is 0.813. The van der Waals surface area contributed by atoms with Gasteiger partial charge in [-0.2, -0.15) is 0 Å². The molecule has 5 heteroatoms. The van der Waals surface area contributed by atoms with Crippen LogP contribution in [0.25, 0.3) is 0 Å². The normalized spacial score (nSPS) is 17.0. The van der Waals surface area contributed by atoms with Crippen LogP contribution in [-0.4, -0.2) is 57.1 Å². The van der Waals surface area contributed by atoms with E-state index < -0.39 is 0 Å². The summed E-state index contributed by atoms with van der Waals surface area (Å²) in [5.74, 6) is 1.19. The Balaban J connectivity index is 1.42. The summed E-state index contributed by atoms with van der Waals surface area (Å²) < 4.78 is 2.23. The third kappa shape index (κ3) is 3.93. The molecular formula is C17H25N5. The summed E-state index contributed by atoms with van der Waals surface area (Å²) in [5.41, 5.74) is 1.38. The SMILES string of the molecule is CCn1ccnc1CN1CCN(CCc2ccncc2)CC1. The lowest BCUT2D eigenvalue weighted by Gasteiger charge is -2.34. The maximum atomic E-state index is 4.48. The first kappa shape index (κ1) is 15.2. The smallest absolute Gasteiger partial charge is 0.122 e. The molecule has 0 saturated carbocycles. The highest BCUT2D eigenvalue weighted by atomic mass is 15.3. The molecule has 1 saturated heterocycles. The van der Waals surface area contributed by atoms with Crippen LogP contribution in [0.4, 0.5) is 0 Å². The summed E-state index contributed by atoms with van der Waals surface area (Å²) in [4.78, 5) is 13.6. The van der Waals surface area contributed by atoms with E-state index in [1.807, 2.05) is 18.6 Å². The third-order valence-electron chi connectivity index (χ3n) is 4.44. The van der Waals surface area contributed by atoms with Crippen LogP contribution in [0.3, 0.4) is 0 Å². The minimum atomic E-state index is 0.971. The van der Waals surface area contributed by atoms with E-state index in [9.17, 15) is 0 Å². The van der Waals surface area contributed by atoms with Crippen LogP contribution in [-0.2, 0) is 19.5 Å². The Kier molecular flexibility index (Phi) is 5.19. The second-order valence-electron chi connectivity index (χ2n) is 5.85. The molecule has 2 aromatic rings. The Morgan fingerprint density at radius 3 is 2.45 bits per heavy atom. The van der Waals surface area contributed by atoms with Crippen LogP contribution in [0.1, 0.15) is 18.3 Å². The molecule has 0 bridgehead atoms.